The monoisotopic (exact) mass is 228 g/mol. The highest BCUT2D eigenvalue weighted by molar-refractivity contribution is 6.30. The van der Waals surface area contributed by atoms with Gasteiger partial charge in [0.2, 0.25) is 0 Å². The lowest BCUT2D eigenvalue weighted by Crippen LogP contribution is -2.00. The van der Waals surface area contributed by atoms with Gasteiger partial charge in [0.1, 0.15) is 0 Å². The molecule has 1 aromatic carbocycles. The number of carboxylic acid groups (broad SMARTS) is 1. The lowest BCUT2D eigenvalue weighted by molar-refractivity contribution is -0.137. The van der Waals surface area contributed by atoms with Gasteiger partial charge in [-0.1, -0.05) is 23.7 Å². The van der Waals surface area contributed by atoms with Gasteiger partial charge in [-0.3, -0.25) is 4.79 Å². The van der Waals surface area contributed by atoms with Gasteiger partial charge in [-0.25, -0.2) is 0 Å². The number of ether oxygens (including phenoxy) is 1. The van der Waals surface area contributed by atoms with Crippen LogP contribution < -0.4 is 0 Å². The molecule has 0 aliphatic rings. The summed E-state index contributed by atoms with van der Waals surface area (Å²) < 4.78 is 5.30. The van der Waals surface area contributed by atoms with Crippen molar-refractivity contribution >= 4 is 17.6 Å². The molecule has 1 rings (SSSR count). The largest absolute Gasteiger partial charge is 0.481 e. The third-order valence-electron chi connectivity index (χ3n) is 1.84. The van der Waals surface area contributed by atoms with Gasteiger partial charge < -0.3 is 9.84 Å². The zero-order valence-corrected chi connectivity index (χ0v) is 9.04. The number of hydrogen-bond donors (Lipinski definition) is 1. The van der Waals surface area contributed by atoms with Crippen molar-refractivity contribution in [2.24, 2.45) is 0 Å². The summed E-state index contributed by atoms with van der Waals surface area (Å²) in [7, 11) is 0. The van der Waals surface area contributed by atoms with E-state index in [4.69, 9.17) is 21.4 Å². The Bertz CT molecular complexity index is 325. The van der Waals surface area contributed by atoms with E-state index >= 15 is 0 Å². The number of hydrogen-bond acceptors (Lipinski definition) is 2. The summed E-state index contributed by atoms with van der Waals surface area (Å²) in [6.45, 7) is 0.930. The Kier molecular flexibility index (Phi) is 5.15. The lowest BCUT2D eigenvalue weighted by atomic mass is 10.2. The summed E-state index contributed by atoms with van der Waals surface area (Å²) in [4.78, 5) is 10.2. The zero-order valence-electron chi connectivity index (χ0n) is 8.28. The van der Waals surface area contributed by atoms with Gasteiger partial charge in [0.05, 0.1) is 6.61 Å². The molecule has 0 unspecified atom stereocenters. The van der Waals surface area contributed by atoms with Crippen molar-refractivity contribution in [2.45, 2.75) is 19.4 Å². The minimum absolute atomic E-state index is 0.148. The maximum atomic E-state index is 10.2. The SMILES string of the molecule is O=C(O)CCCOCc1cccc(Cl)c1. The normalized spacial score (nSPS) is 10.2. The number of carbonyl (C=O) groups is 1. The number of benzene rings is 1. The van der Waals surface area contributed by atoms with Crippen molar-refractivity contribution in [1.29, 1.82) is 0 Å². The second kappa shape index (κ2) is 6.43. The second-order valence-corrected chi connectivity index (χ2v) is 3.62. The van der Waals surface area contributed by atoms with Crippen LogP contribution in [0, 0.1) is 0 Å². The fourth-order valence-electron chi connectivity index (χ4n) is 1.14. The Hall–Kier alpha value is -1.06. The molecule has 0 saturated carbocycles. The molecular weight excluding hydrogens is 216 g/mol. The standard InChI is InChI=1S/C11H13ClO3/c12-10-4-1-3-9(7-10)8-15-6-2-5-11(13)14/h1,3-4,7H,2,5-6,8H2,(H,13,14). The maximum Gasteiger partial charge on any atom is 0.303 e. The molecule has 4 heteroatoms. The Labute approximate surface area is 93.6 Å². The quantitative estimate of drug-likeness (QED) is 0.762. The van der Waals surface area contributed by atoms with Gasteiger partial charge in [-0.2, -0.15) is 0 Å². The average molecular weight is 229 g/mol. The van der Waals surface area contributed by atoms with E-state index in [2.05, 4.69) is 0 Å². The van der Waals surface area contributed by atoms with E-state index in [1.54, 1.807) is 6.07 Å². The number of aliphatic carboxylic acids is 1. The van der Waals surface area contributed by atoms with Crippen molar-refractivity contribution in [1.82, 2.24) is 0 Å². The number of halogens is 1. The van der Waals surface area contributed by atoms with Crippen molar-refractivity contribution < 1.29 is 14.6 Å². The Balaban J connectivity index is 2.17. The third kappa shape index (κ3) is 5.40. The fraction of sp³-hybridized carbons (Fsp3) is 0.364. The first-order valence-corrected chi connectivity index (χ1v) is 5.10. The maximum absolute atomic E-state index is 10.2. The van der Waals surface area contributed by atoms with Crippen LogP contribution in [0.5, 0.6) is 0 Å². The summed E-state index contributed by atoms with van der Waals surface area (Å²) in [6.07, 6.45) is 0.686. The molecule has 0 aliphatic heterocycles. The third-order valence-corrected chi connectivity index (χ3v) is 2.07. The first-order valence-electron chi connectivity index (χ1n) is 4.72. The van der Waals surface area contributed by atoms with Gasteiger partial charge >= 0.3 is 5.97 Å². The van der Waals surface area contributed by atoms with Gasteiger partial charge in [0.15, 0.2) is 0 Å². The van der Waals surface area contributed by atoms with Crippen LogP contribution in [0.1, 0.15) is 18.4 Å². The van der Waals surface area contributed by atoms with Crippen LogP contribution >= 0.6 is 11.6 Å². The molecule has 1 aromatic rings. The summed E-state index contributed by atoms with van der Waals surface area (Å²) in [5, 5.41) is 9.08. The second-order valence-electron chi connectivity index (χ2n) is 3.18. The molecule has 0 aromatic heterocycles. The van der Waals surface area contributed by atoms with E-state index in [1.807, 2.05) is 18.2 Å². The molecule has 15 heavy (non-hydrogen) atoms. The molecule has 0 atom stereocenters. The zero-order chi connectivity index (χ0) is 11.1. The van der Waals surface area contributed by atoms with E-state index in [0.717, 1.165) is 5.56 Å². The van der Waals surface area contributed by atoms with Crippen molar-refractivity contribution in [3.05, 3.63) is 34.9 Å². The minimum atomic E-state index is -0.790. The molecule has 0 bridgehead atoms. The average Bonchev–Trinajstić information content (AvgIpc) is 2.17. The van der Waals surface area contributed by atoms with Gasteiger partial charge in [0.25, 0.3) is 0 Å². The highest BCUT2D eigenvalue weighted by Crippen LogP contribution is 2.11. The smallest absolute Gasteiger partial charge is 0.303 e. The Morgan fingerprint density at radius 3 is 2.93 bits per heavy atom. The minimum Gasteiger partial charge on any atom is -0.481 e. The summed E-state index contributed by atoms with van der Waals surface area (Å²) in [5.74, 6) is -0.790. The van der Waals surface area contributed by atoms with Crippen molar-refractivity contribution in [3.8, 4) is 0 Å². The lowest BCUT2D eigenvalue weighted by Gasteiger charge is -2.03. The number of rotatable bonds is 6. The van der Waals surface area contributed by atoms with Crippen LogP contribution in [0.4, 0.5) is 0 Å². The predicted octanol–water partition coefficient (Wildman–Crippen LogP) is 2.72. The first-order chi connectivity index (χ1) is 7.18. The van der Waals surface area contributed by atoms with Crippen LogP contribution in [0.3, 0.4) is 0 Å². The van der Waals surface area contributed by atoms with E-state index < -0.39 is 5.97 Å². The topological polar surface area (TPSA) is 46.5 Å². The van der Waals surface area contributed by atoms with E-state index in [0.29, 0.717) is 24.7 Å². The summed E-state index contributed by atoms with van der Waals surface area (Å²) >= 11 is 5.79. The Morgan fingerprint density at radius 1 is 1.47 bits per heavy atom. The van der Waals surface area contributed by atoms with E-state index in [-0.39, 0.29) is 6.42 Å². The molecule has 0 aliphatic carbocycles. The number of carboxylic acids is 1. The van der Waals surface area contributed by atoms with Crippen LogP contribution in [0.15, 0.2) is 24.3 Å². The molecule has 1 N–H and O–H groups in total. The van der Waals surface area contributed by atoms with Crippen LogP contribution in [0.2, 0.25) is 5.02 Å². The molecule has 0 heterocycles. The molecule has 82 valence electrons. The molecule has 0 amide bonds. The predicted molar refractivity (Wildman–Crippen MR) is 58.0 cm³/mol. The van der Waals surface area contributed by atoms with Gasteiger partial charge in [-0.05, 0) is 24.1 Å². The Morgan fingerprint density at radius 2 is 2.27 bits per heavy atom. The molecule has 0 radical (unpaired) electrons. The van der Waals surface area contributed by atoms with Crippen LogP contribution in [0.25, 0.3) is 0 Å². The van der Waals surface area contributed by atoms with Crippen LogP contribution in [-0.2, 0) is 16.1 Å². The van der Waals surface area contributed by atoms with Crippen molar-refractivity contribution in [2.75, 3.05) is 6.61 Å². The molecule has 0 fully saturated rings. The highest BCUT2D eigenvalue weighted by Gasteiger charge is 1.97. The summed E-state index contributed by atoms with van der Waals surface area (Å²) in [6, 6.07) is 7.41. The fourth-order valence-corrected chi connectivity index (χ4v) is 1.36. The van der Waals surface area contributed by atoms with E-state index in [9.17, 15) is 4.79 Å². The van der Waals surface area contributed by atoms with Gasteiger partial charge in [-0.15, -0.1) is 0 Å². The highest BCUT2D eigenvalue weighted by atomic mass is 35.5. The molecule has 3 nitrogen and oxygen atoms in total. The van der Waals surface area contributed by atoms with Crippen LogP contribution in [-0.4, -0.2) is 17.7 Å². The molecule has 0 spiro atoms. The summed E-state index contributed by atoms with van der Waals surface area (Å²) in [5.41, 5.74) is 0.998. The van der Waals surface area contributed by atoms with Gasteiger partial charge in [0, 0.05) is 18.1 Å². The molecule has 0 saturated heterocycles. The van der Waals surface area contributed by atoms with E-state index in [1.165, 1.54) is 0 Å². The molecular formula is C11H13ClO3. The first kappa shape index (κ1) is 12.0. The van der Waals surface area contributed by atoms with Crippen molar-refractivity contribution in [3.63, 3.8) is 0 Å².